The van der Waals surface area contributed by atoms with Crippen LogP contribution in [-0.2, 0) is 6.61 Å². The first-order chi connectivity index (χ1) is 10.0. The van der Waals surface area contributed by atoms with Gasteiger partial charge in [-0.25, -0.2) is 4.39 Å². The van der Waals surface area contributed by atoms with Crippen molar-refractivity contribution in [2.75, 3.05) is 0 Å². The molecule has 2 aromatic rings. The molecule has 0 radical (unpaired) electrons. The second-order valence-electron chi connectivity index (χ2n) is 4.40. The molecule has 3 nitrogen and oxygen atoms in total. The summed E-state index contributed by atoms with van der Waals surface area (Å²) < 4.78 is 19.6. The first kappa shape index (κ1) is 15.2. The maximum absolute atomic E-state index is 13.2. The standard InChI is InChI=1S/C16H11BrFNO2/c1-10(20)15-7-13(17)3-5-16(15)21-9-12-6-14(18)4-2-11(12)8-19/h2-7H,9H2,1H3. The molecule has 0 bridgehead atoms. The third-order valence-electron chi connectivity index (χ3n) is 2.89. The second-order valence-corrected chi connectivity index (χ2v) is 5.31. The maximum atomic E-state index is 13.2. The molecule has 0 aliphatic carbocycles. The molecule has 0 aromatic heterocycles. The number of Topliss-reactive ketones (excluding diaryl/α,β-unsaturated/α-hetero) is 1. The van der Waals surface area contributed by atoms with Crippen LogP contribution in [0.15, 0.2) is 40.9 Å². The summed E-state index contributed by atoms with van der Waals surface area (Å²) in [6.45, 7) is 1.46. The average Bonchev–Trinajstić information content (AvgIpc) is 2.46. The zero-order valence-corrected chi connectivity index (χ0v) is 12.8. The Labute approximate surface area is 130 Å². The van der Waals surface area contributed by atoms with E-state index in [9.17, 15) is 9.18 Å². The second kappa shape index (κ2) is 6.51. The van der Waals surface area contributed by atoms with Gasteiger partial charge in [0.2, 0.25) is 0 Å². The molecule has 2 rings (SSSR count). The summed E-state index contributed by atoms with van der Waals surface area (Å²) in [6.07, 6.45) is 0. The lowest BCUT2D eigenvalue weighted by molar-refractivity contribution is 0.101. The molecule has 0 fully saturated rings. The van der Waals surface area contributed by atoms with E-state index < -0.39 is 5.82 Å². The van der Waals surface area contributed by atoms with E-state index >= 15 is 0 Å². The molecule has 0 spiro atoms. The first-order valence-corrected chi connectivity index (χ1v) is 6.92. The normalized spacial score (nSPS) is 10.0. The SMILES string of the molecule is CC(=O)c1cc(Br)ccc1OCc1cc(F)ccc1C#N. The molecule has 0 amide bonds. The number of hydrogen-bond acceptors (Lipinski definition) is 3. The van der Waals surface area contributed by atoms with Gasteiger partial charge in [0.25, 0.3) is 0 Å². The van der Waals surface area contributed by atoms with Crippen LogP contribution in [0, 0.1) is 17.1 Å². The molecule has 5 heteroatoms. The highest BCUT2D eigenvalue weighted by atomic mass is 79.9. The van der Waals surface area contributed by atoms with Gasteiger partial charge >= 0.3 is 0 Å². The van der Waals surface area contributed by atoms with Crippen molar-refractivity contribution < 1.29 is 13.9 Å². The summed E-state index contributed by atoms with van der Waals surface area (Å²) in [5.41, 5.74) is 1.21. The molecule has 2 aromatic carbocycles. The molecule has 0 saturated carbocycles. The van der Waals surface area contributed by atoms with Crippen molar-refractivity contribution in [2.45, 2.75) is 13.5 Å². The highest BCUT2D eigenvalue weighted by molar-refractivity contribution is 9.10. The van der Waals surface area contributed by atoms with Gasteiger partial charge in [0.1, 0.15) is 18.2 Å². The maximum Gasteiger partial charge on any atom is 0.163 e. The minimum Gasteiger partial charge on any atom is -0.488 e. The fourth-order valence-electron chi connectivity index (χ4n) is 1.85. The highest BCUT2D eigenvalue weighted by Gasteiger charge is 2.11. The molecule has 0 unspecified atom stereocenters. The third kappa shape index (κ3) is 3.67. The molecule has 21 heavy (non-hydrogen) atoms. The van der Waals surface area contributed by atoms with Gasteiger partial charge in [-0.3, -0.25) is 4.79 Å². The van der Waals surface area contributed by atoms with Gasteiger partial charge < -0.3 is 4.74 Å². The lowest BCUT2D eigenvalue weighted by Crippen LogP contribution is -2.03. The number of carbonyl (C=O) groups excluding carboxylic acids is 1. The Balaban J connectivity index is 2.27. The Morgan fingerprint density at radius 3 is 2.76 bits per heavy atom. The Hall–Kier alpha value is -2.19. The van der Waals surface area contributed by atoms with Gasteiger partial charge in [-0.1, -0.05) is 15.9 Å². The van der Waals surface area contributed by atoms with Crippen LogP contribution in [0.2, 0.25) is 0 Å². The van der Waals surface area contributed by atoms with Crippen molar-refractivity contribution in [3.05, 3.63) is 63.4 Å². The third-order valence-corrected chi connectivity index (χ3v) is 3.39. The molecular formula is C16H11BrFNO2. The quantitative estimate of drug-likeness (QED) is 0.777. The Bertz CT molecular complexity index is 738. The van der Waals surface area contributed by atoms with E-state index in [1.165, 1.54) is 25.1 Å². The molecule has 0 heterocycles. The fraction of sp³-hybridized carbons (Fsp3) is 0.125. The predicted molar refractivity (Wildman–Crippen MR) is 79.6 cm³/mol. The monoisotopic (exact) mass is 347 g/mol. The number of nitrogens with zero attached hydrogens (tertiary/aromatic N) is 1. The van der Waals surface area contributed by atoms with Gasteiger partial charge in [0.15, 0.2) is 5.78 Å². The summed E-state index contributed by atoms with van der Waals surface area (Å²) in [5, 5.41) is 9.00. The summed E-state index contributed by atoms with van der Waals surface area (Å²) in [4.78, 5) is 11.6. The molecule has 0 atom stereocenters. The van der Waals surface area contributed by atoms with Gasteiger partial charge in [-0.2, -0.15) is 5.26 Å². The molecule has 0 N–H and O–H groups in total. The lowest BCUT2D eigenvalue weighted by atomic mass is 10.1. The number of hydrogen-bond donors (Lipinski definition) is 0. The lowest BCUT2D eigenvalue weighted by Gasteiger charge is -2.11. The van der Waals surface area contributed by atoms with Gasteiger partial charge in [-0.05, 0) is 43.3 Å². The number of rotatable bonds is 4. The first-order valence-electron chi connectivity index (χ1n) is 6.13. The van der Waals surface area contributed by atoms with Gasteiger partial charge in [-0.15, -0.1) is 0 Å². The topological polar surface area (TPSA) is 50.1 Å². The minimum absolute atomic E-state index is 0.0164. The van der Waals surface area contributed by atoms with E-state index in [-0.39, 0.29) is 12.4 Å². The average molecular weight is 348 g/mol. The van der Waals surface area contributed by atoms with Crippen LogP contribution in [-0.4, -0.2) is 5.78 Å². The van der Waals surface area contributed by atoms with E-state index in [0.717, 1.165) is 4.47 Å². The number of benzene rings is 2. The molecule has 0 aliphatic heterocycles. The van der Waals surface area contributed by atoms with Crippen LogP contribution in [0.3, 0.4) is 0 Å². The van der Waals surface area contributed by atoms with E-state index in [1.807, 2.05) is 6.07 Å². The van der Waals surface area contributed by atoms with E-state index in [2.05, 4.69) is 15.9 Å². The van der Waals surface area contributed by atoms with Crippen LogP contribution in [0.25, 0.3) is 0 Å². The minimum atomic E-state index is -0.435. The van der Waals surface area contributed by atoms with E-state index in [0.29, 0.717) is 22.4 Å². The summed E-state index contributed by atoms with van der Waals surface area (Å²) >= 11 is 3.29. The van der Waals surface area contributed by atoms with Crippen LogP contribution in [0.5, 0.6) is 5.75 Å². The molecule has 0 saturated heterocycles. The van der Waals surface area contributed by atoms with Crippen LogP contribution < -0.4 is 4.74 Å². The fourth-order valence-corrected chi connectivity index (χ4v) is 2.21. The smallest absolute Gasteiger partial charge is 0.163 e. The number of carbonyl (C=O) groups is 1. The Morgan fingerprint density at radius 1 is 1.33 bits per heavy atom. The number of nitriles is 1. The van der Waals surface area contributed by atoms with Crippen molar-refractivity contribution in [1.82, 2.24) is 0 Å². The Morgan fingerprint density at radius 2 is 2.10 bits per heavy atom. The summed E-state index contributed by atoms with van der Waals surface area (Å²) in [5.74, 6) is -0.167. The van der Waals surface area contributed by atoms with Crippen molar-refractivity contribution >= 4 is 21.7 Å². The Kier molecular flexibility index (Phi) is 4.71. The van der Waals surface area contributed by atoms with Crippen molar-refractivity contribution in [3.63, 3.8) is 0 Å². The number of ketones is 1. The van der Waals surface area contributed by atoms with Crippen molar-refractivity contribution in [1.29, 1.82) is 5.26 Å². The largest absolute Gasteiger partial charge is 0.488 e. The number of ether oxygens (including phenoxy) is 1. The summed E-state index contributed by atoms with van der Waals surface area (Å²) in [6, 6.07) is 10.9. The van der Waals surface area contributed by atoms with Crippen molar-refractivity contribution in [2.24, 2.45) is 0 Å². The van der Waals surface area contributed by atoms with Gasteiger partial charge in [0.05, 0.1) is 17.2 Å². The number of halogens is 2. The van der Waals surface area contributed by atoms with E-state index in [4.69, 9.17) is 10.00 Å². The van der Waals surface area contributed by atoms with Crippen LogP contribution in [0.4, 0.5) is 4.39 Å². The molecule has 0 aliphatic rings. The van der Waals surface area contributed by atoms with Gasteiger partial charge in [0, 0.05) is 10.0 Å². The summed E-state index contributed by atoms with van der Waals surface area (Å²) in [7, 11) is 0. The van der Waals surface area contributed by atoms with Crippen molar-refractivity contribution in [3.8, 4) is 11.8 Å². The van der Waals surface area contributed by atoms with E-state index in [1.54, 1.807) is 18.2 Å². The zero-order valence-electron chi connectivity index (χ0n) is 11.2. The highest BCUT2D eigenvalue weighted by Crippen LogP contribution is 2.25. The zero-order chi connectivity index (χ0) is 15.4. The predicted octanol–water partition coefficient (Wildman–Crippen LogP) is 4.24. The van der Waals surface area contributed by atoms with Crippen LogP contribution >= 0.6 is 15.9 Å². The molecule has 106 valence electrons. The van der Waals surface area contributed by atoms with Crippen LogP contribution in [0.1, 0.15) is 28.4 Å². The molecular weight excluding hydrogens is 337 g/mol.